The number of urea groups is 1. The number of hydrogen-bond donors (Lipinski definition) is 3. The van der Waals surface area contributed by atoms with Crippen molar-refractivity contribution in [1.29, 1.82) is 0 Å². The second kappa shape index (κ2) is 12.2. The molecule has 0 saturated carbocycles. The molecule has 1 aliphatic rings. The molecule has 14 heteroatoms. The molecule has 2 aromatic rings. The topological polar surface area (TPSA) is 122 Å². The lowest BCUT2D eigenvalue weighted by molar-refractivity contribution is 0.153. The van der Waals surface area contributed by atoms with Crippen molar-refractivity contribution in [1.82, 2.24) is 19.5 Å². The number of rotatable bonds is 9. The highest BCUT2D eigenvalue weighted by Gasteiger charge is 2.22. The number of hydrogen-bond acceptors (Lipinski definition) is 8. The predicted molar refractivity (Wildman–Crippen MR) is 126 cm³/mol. The Morgan fingerprint density at radius 2 is 1.91 bits per heavy atom. The molecule has 186 valence electrons. The zero-order valence-corrected chi connectivity index (χ0v) is 20.8. The van der Waals surface area contributed by atoms with Gasteiger partial charge in [-0.3, -0.25) is 5.32 Å². The normalized spacial score (nSPS) is 14.6. The minimum absolute atomic E-state index is 0.0575. The third kappa shape index (κ3) is 7.48. The van der Waals surface area contributed by atoms with Crippen LogP contribution in [-0.4, -0.2) is 72.6 Å². The highest BCUT2D eigenvalue weighted by Crippen LogP contribution is 2.39. The lowest BCUT2D eigenvalue weighted by atomic mass is 10.2. The lowest BCUT2D eigenvalue weighted by Crippen LogP contribution is -2.45. The molecule has 4 N–H and O–H groups in total. The van der Waals surface area contributed by atoms with Gasteiger partial charge in [-0.2, -0.15) is 0 Å². The summed E-state index contributed by atoms with van der Waals surface area (Å²) in [6.45, 7) is 4.81. The Hall–Kier alpha value is -2.55. The van der Waals surface area contributed by atoms with E-state index < -0.39 is 30.4 Å². The van der Waals surface area contributed by atoms with Gasteiger partial charge >= 0.3 is 12.1 Å². The number of nitrogens with two attached hydrogens (primary N) is 1. The Bertz CT molecular complexity index is 996. The van der Waals surface area contributed by atoms with Crippen LogP contribution in [0, 0.1) is 11.6 Å². The summed E-state index contributed by atoms with van der Waals surface area (Å²) in [5, 5.41) is 5.31. The van der Waals surface area contributed by atoms with Gasteiger partial charge in [0.05, 0.1) is 5.56 Å². The first kappa shape index (κ1) is 26.1. The molecule has 1 aromatic carbocycles. The van der Waals surface area contributed by atoms with Crippen LogP contribution in [0.2, 0.25) is 0 Å². The third-order valence-electron chi connectivity index (χ3n) is 5.04. The summed E-state index contributed by atoms with van der Waals surface area (Å²) in [7, 11) is 2.09. The number of carbonyl (C=O) groups excluding carboxylic acids is 2. The highest BCUT2D eigenvalue weighted by molar-refractivity contribution is 9.10. The number of aromatic nitrogens is 1. The van der Waals surface area contributed by atoms with Crippen LogP contribution in [0.5, 0.6) is 11.6 Å². The molecule has 2 heterocycles. The van der Waals surface area contributed by atoms with E-state index in [0.717, 1.165) is 62.8 Å². The molecule has 0 unspecified atom stereocenters. The Balaban J connectivity index is 1.54. The minimum atomic E-state index is -1.17. The second-order valence-electron chi connectivity index (χ2n) is 7.58. The van der Waals surface area contributed by atoms with E-state index >= 15 is 0 Å². The number of halogens is 3. The van der Waals surface area contributed by atoms with Crippen LogP contribution >= 0.6 is 27.5 Å². The standard InChI is InChI=1S/C20H25BrF2N6O4S/c1-28-5-7-29(8-6-28)4-2-3-25-20(31)26-18-16(33-19(24)30)17(27-34-18)32-11-13-14(22)9-12(21)10-15(13)23/h9-10H,2-8,11H2,1H3,(H2,24,30)(H2,25,26,31). The zero-order chi connectivity index (χ0) is 24.7. The van der Waals surface area contributed by atoms with Crippen LogP contribution in [0.1, 0.15) is 12.0 Å². The quantitative estimate of drug-likeness (QED) is 0.401. The molecule has 0 atom stereocenters. The van der Waals surface area contributed by atoms with Crippen molar-refractivity contribution in [2.24, 2.45) is 5.73 Å². The van der Waals surface area contributed by atoms with Gasteiger partial charge in [0, 0.05) is 37.2 Å². The first-order valence-corrected chi connectivity index (χ1v) is 12.0. The smallest absolute Gasteiger partial charge is 0.410 e. The van der Waals surface area contributed by atoms with Crippen molar-refractivity contribution in [2.45, 2.75) is 13.0 Å². The third-order valence-corrected chi connectivity index (χ3v) is 6.23. The predicted octanol–water partition coefficient (Wildman–Crippen LogP) is 2.98. The molecule has 0 radical (unpaired) electrons. The number of anilines is 1. The highest BCUT2D eigenvalue weighted by atomic mass is 79.9. The van der Waals surface area contributed by atoms with E-state index in [1.54, 1.807) is 0 Å². The largest absolute Gasteiger partial charge is 0.469 e. The van der Waals surface area contributed by atoms with E-state index in [2.05, 4.69) is 47.8 Å². The second-order valence-corrected chi connectivity index (χ2v) is 9.27. The molecule has 0 bridgehead atoms. The Morgan fingerprint density at radius 1 is 1.24 bits per heavy atom. The summed E-state index contributed by atoms with van der Waals surface area (Å²) >= 11 is 3.77. The van der Waals surface area contributed by atoms with Crippen molar-refractivity contribution >= 4 is 44.6 Å². The molecule has 1 aliphatic heterocycles. The van der Waals surface area contributed by atoms with Gasteiger partial charge in [0.2, 0.25) is 5.75 Å². The van der Waals surface area contributed by atoms with Gasteiger partial charge in [0.1, 0.15) is 18.2 Å². The van der Waals surface area contributed by atoms with Gasteiger partial charge in [-0.15, -0.1) is 4.37 Å². The number of amides is 3. The number of primary amides is 1. The number of nitrogens with one attached hydrogen (secondary N) is 2. The first-order chi connectivity index (χ1) is 16.2. The van der Waals surface area contributed by atoms with Crippen LogP contribution in [0.4, 0.5) is 23.4 Å². The number of ether oxygens (including phenoxy) is 2. The maximum absolute atomic E-state index is 14.0. The van der Waals surface area contributed by atoms with E-state index in [0.29, 0.717) is 6.54 Å². The first-order valence-electron chi connectivity index (χ1n) is 10.4. The summed E-state index contributed by atoms with van der Waals surface area (Å²) in [6, 6.07) is 1.64. The van der Waals surface area contributed by atoms with Crippen LogP contribution in [0.25, 0.3) is 0 Å². The van der Waals surface area contributed by atoms with E-state index in [1.165, 1.54) is 0 Å². The van der Waals surface area contributed by atoms with Gasteiger partial charge in [-0.1, -0.05) is 15.9 Å². The minimum Gasteiger partial charge on any atom is -0.469 e. The van der Waals surface area contributed by atoms with Crippen molar-refractivity contribution in [3.8, 4) is 11.6 Å². The molecule has 0 spiro atoms. The fraction of sp³-hybridized carbons (Fsp3) is 0.450. The van der Waals surface area contributed by atoms with Crippen molar-refractivity contribution in [2.75, 3.05) is 51.6 Å². The van der Waals surface area contributed by atoms with Gasteiger partial charge < -0.3 is 30.3 Å². The zero-order valence-electron chi connectivity index (χ0n) is 18.4. The van der Waals surface area contributed by atoms with Gasteiger partial charge in [0.25, 0.3) is 5.88 Å². The maximum Gasteiger partial charge on any atom is 0.410 e. The van der Waals surface area contributed by atoms with Crippen molar-refractivity contribution in [3.63, 3.8) is 0 Å². The molecule has 10 nitrogen and oxygen atoms in total. The summed E-state index contributed by atoms with van der Waals surface area (Å²) in [5.41, 5.74) is 4.76. The van der Waals surface area contributed by atoms with Crippen LogP contribution < -0.4 is 25.8 Å². The van der Waals surface area contributed by atoms with Gasteiger partial charge in [-0.25, -0.2) is 18.4 Å². The molecular formula is C20H25BrF2N6O4S. The van der Waals surface area contributed by atoms with Gasteiger partial charge in [0.15, 0.2) is 5.00 Å². The summed E-state index contributed by atoms with van der Waals surface area (Å²) < 4.78 is 42.5. The molecule has 3 amide bonds. The summed E-state index contributed by atoms with van der Waals surface area (Å²) in [4.78, 5) is 28.2. The fourth-order valence-corrected chi connectivity index (χ4v) is 4.27. The van der Waals surface area contributed by atoms with E-state index in [1.807, 2.05) is 0 Å². The lowest BCUT2D eigenvalue weighted by Gasteiger charge is -2.32. The monoisotopic (exact) mass is 562 g/mol. The number of piperazine rings is 1. The van der Waals surface area contributed by atoms with Crippen LogP contribution in [0.15, 0.2) is 16.6 Å². The molecule has 3 rings (SSSR count). The van der Waals surface area contributed by atoms with Crippen molar-refractivity contribution < 1.29 is 27.8 Å². The Kier molecular flexibility index (Phi) is 9.38. The number of likely N-dealkylation sites (N-methyl/N-ethyl adjacent to an activating group) is 1. The van der Waals surface area contributed by atoms with E-state index in [9.17, 15) is 18.4 Å². The molecular weight excluding hydrogens is 538 g/mol. The molecule has 1 saturated heterocycles. The number of benzene rings is 1. The van der Waals surface area contributed by atoms with E-state index in [-0.39, 0.29) is 26.7 Å². The summed E-state index contributed by atoms with van der Waals surface area (Å²) in [6.07, 6.45) is -0.398. The maximum atomic E-state index is 14.0. The Morgan fingerprint density at radius 3 is 2.56 bits per heavy atom. The summed E-state index contributed by atoms with van der Waals surface area (Å²) in [5.74, 6) is -2.14. The Labute approximate surface area is 207 Å². The molecule has 1 fully saturated rings. The SMILES string of the molecule is CN1CCN(CCCNC(=O)Nc2snc(OCc3c(F)cc(Br)cc3F)c2OC(N)=O)CC1. The van der Waals surface area contributed by atoms with Crippen LogP contribution in [0.3, 0.4) is 0 Å². The number of carbonyl (C=O) groups is 2. The fourth-order valence-electron chi connectivity index (χ4n) is 3.20. The number of nitrogens with zero attached hydrogens (tertiary/aromatic N) is 3. The van der Waals surface area contributed by atoms with Crippen molar-refractivity contribution in [3.05, 3.63) is 33.8 Å². The average Bonchev–Trinajstić information content (AvgIpc) is 3.12. The molecule has 1 aromatic heterocycles. The molecule has 34 heavy (non-hydrogen) atoms. The van der Waals surface area contributed by atoms with Crippen LogP contribution in [-0.2, 0) is 6.61 Å². The average molecular weight is 563 g/mol. The van der Waals surface area contributed by atoms with E-state index in [4.69, 9.17) is 15.2 Å². The van der Waals surface area contributed by atoms with Gasteiger partial charge in [-0.05, 0) is 43.7 Å². The molecule has 0 aliphatic carbocycles.